The Kier molecular flexibility index (Phi) is 3.76. The Labute approximate surface area is 149 Å². The van der Waals surface area contributed by atoms with Crippen molar-refractivity contribution in [2.45, 2.75) is 13.8 Å². The summed E-state index contributed by atoms with van der Waals surface area (Å²) in [6.07, 6.45) is 4.83. The molecule has 0 saturated carbocycles. The molecular weight excluding hydrogens is 330 g/mol. The maximum absolute atomic E-state index is 13.0. The van der Waals surface area contributed by atoms with Crippen molar-refractivity contribution in [1.29, 1.82) is 0 Å². The zero-order valence-electron chi connectivity index (χ0n) is 14.7. The van der Waals surface area contributed by atoms with Gasteiger partial charge in [-0.3, -0.25) is 4.40 Å². The lowest BCUT2D eigenvalue weighted by atomic mass is 10.0. The number of benzene rings is 1. The van der Waals surface area contributed by atoms with Crippen LogP contribution in [0.1, 0.15) is 11.3 Å². The summed E-state index contributed by atoms with van der Waals surface area (Å²) in [7, 11) is 1.64. The number of aromatic nitrogens is 5. The molecular formula is C19H17N5O2. The van der Waals surface area contributed by atoms with Gasteiger partial charge in [-0.2, -0.15) is 5.10 Å². The van der Waals surface area contributed by atoms with E-state index in [9.17, 15) is 4.79 Å². The molecule has 0 fully saturated rings. The van der Waals surface area contributed by atoms with E-state index in [4.69, 9.17) is 4.74 Å². The normalized spacial score (nSPS) is 11.0. The Balaban J connectivity index is 1.97. The van der Waals surface area contributed by atoms with Crippen molar-refractivity contribution in [3.63, 3.8) is 0 Å². The molecule has 0 saturated heterocycles. The van der Waals surface area contributed by atoms with E-state index in [1.165, 1.54) is 4.68 Å². The Morgan fingerprint density at radius 1 is 1.04 bits per heavy atom. The molecule has 0 N–H and O–H groups in total. The lowest BCUT2D eigenvalue weighted by Crippen LogP contribution is -2.29. The minimum atomic E-state index is -0.297. The van der Waals surface area contributed by atoms with Crippen molar-refractivity contribution >= 4 is 5.52 Å². The predicted octanol–water partition coefficient (Wildman–Crippen LogP) is 2.57. The molecule has 0 unspecified atom stereocenters. The van der Waals surface area contributed by atoms with Gasteiger partial charge in [0.1, 0.15) is 5.75 Å². The highest BCUT2D eigenvalue weighted by Crippen LogP contribution is 2.32. The van der Waals surface area contributed by atoms with E-state index < -0.39 is 0 Å². The smallest absolute Gasteiger partial charge is 0.356 e. The molecule has 0 bridgehead atoms. The average Bonchev–Trinajstić information content (AvgIpc) is 2.94. The number of ether oxygens (including phenoxy) is 1. The van der Waals surface area contributed by atoms with Crippen LogP contribution in [-0.2, 0) is 0 Å². The summed E-state index contributed by atoms with van der Waals surface area (Å²) in [6.45, 7) is 3.92. The maximum atomic E-state index is 13.0. The van der Waals surface area contributed by atoms with Crippen LogP contribution < -0.4 is 10.4 Å². The van der Waals surface area contributed by atoms with Gasteiger partial charge in [0.2, 0.25) is 0 Å². The van der Waals surface area contributed by atoms with Gasteiger partial charge in [-0.1, -0.05) is 12.1 Å². The van der Waals surface area contributed by atoms with Crippen LogP contribution >= 0.6 is 0 Å². The van der Waals surface area contributed by atoms with Crippen LogP contribution in [0.4, 0.5) is 0 Å². The Morgan fingerprint density at radius 3 is 2.38 bits per heavy atom. The number of nitrogens with zero attached hydrogens (tertiary/aromatic N) is 5. The number of hydrogen-bond donors (Lipinski definition) is 0. The molecule has 0 aliphatic rings. The van der Waals surface area contributed by atoms with Crippen LogP contribution in [0.5, 0.6) is 5.75 Å². The Bertz CT molecular complexity index is 1140. The van der Waals surface area contributed by atoms with E-state index in [1.807, 2.05) is 38.1 Å². The van der Waals surface area contributed by atoms with Crippen molar-refractivity contribution in [2.24, 2.45) is 0 Å². The third-order valence-electron chi connectivity index (χ3n) is 4.49. The van der Waals surface area contributed by atoms with Crippen LogP contribution in [0.25, 0.3) is 22.6 Å². The second-order valence-electron chi connectivity index (χ2n) is 5.92. The molecule has 7 heteroatoms. The lowest BCUT2D eigenvalue weighted by molar-refractivity contribution is 0.415. The molecule has 0 atom stereocenters. The first-order valence-electron chi connectivity index (χ1n) is 8.13. The van der Waals surface area contributed by atoms with Crippen LogP contribution in [0.3, 0.4) is 0 Å². The second kappa shape index (κ2) is 6.11. The van der Waals surface area contributed by atoms with Crippen LogP contribution in [-0.4, -0.2) is 31.3 Å². The van der Waals surface area contributed by atoms with Crippen molar-refractivity contribution < 1.29 is 4.74 Å². The molecule has 3 heterocycles. The van der Waals surface area contributed by atoms with Crippen LogP contribution in [0.2, 0.25) is 0 Å². The highest BCUT2D eigenvalue weighted by atomic mass is 16.5. The van der Waals surface area contributed by atoms with Gasteiger partial charge in [0.15, 0.2) is 0 Å². The molecule has 0 aliphatic heterocycles. The number of rotatable bonds is 3. The third kappa shape index (κ3) is 2.36. The van der Waals surface area contributed by atoms with Crippen molar-refractivity contribution in [3.8, 4) is 22.8 Å². The predicted molar refractivity (Wildman–Crippen MR) is 97.8 cm³/mol. The molecule has 4 aromatic rings. The number of aryl methyl sites for hydroxylation is 2. The highest BCUT2D eigenvalue weighted by Gasteiger charge is 2.18. The van der Waals surface area contributed by atoms with Crippen molar-refractivity contribution in [2.75, 3.05) is 7.11 Å². The van der Waals surface area contributed by atoms with Crippen molar-refractivity contribution in [1.82, 2.24) is 24.1 Å². The minimum Gasteiger partial charge on any atom is -0.497 e. The summed E-state index contributed by atoms with van der Waals surface area (Å²) in [6, 6.07) is 9.48. The quantitative estimate of drug-likeness (QED) is 0.569. The third-order valence-corrected chi connectivity index (χ3v) is 4.49. The first-order chi connectivity index (χ1) is 12.6. The summed E-state index contributed by atoms with van der Waals surface area (Å²) in [5.41, 5.74) is 4.35. The molecule has 4 rings (SSSR count). The van der Waals surface area contributed by atoms with E-state index >= 15 is 0 Å². The summed E-state index contributed by atoms with van der Waals surface area (Å²) >= 11 is 0. The largest absolute Gasteiger partial charge is 0.497 e. The fourth-order valence-corrected chi connectivity index (χ4v) is 3.24. The van der Waals surface area contributed by atoms with Gasteiger partial charge >= 0.3 is 5.69 Å². The monoisotopic (exact) mass is 347 g/mol. The summed E-state index contributed by atoms with van der Waals surface area (Å²) in [5, 5.41) is 4.25. The van der Waals surface area contributed by atoms with Gasteiger partial charge in [0.25, 0.3) is 5.95 Å². The fourth-order valence-electron chi connectivity index (χ4n) is 3.24. The molecule has 130 valence electrons. The molecule has 0 aliphatic carbocycles. The summed E-state index contributed by atoms with van der Waals surface area (Å²) < 4.78 is 8.08. The van der Waals surface area contributed by atoms with E-state index in [0.717, 1.165) is 33.7 Å². The molecule has 1 aromatic carbocycles. The molecule has 26 heavy (non-hydrogen) atoms. The summed E-state index contributed by atoms with van der Waals surface area (Å²) in [5.74, 6) is 1.04. The van der Waals surface area contributed by atoms with Gasteiger partial charge in [-0.25, -0.2) is 14.8 Å². The first kappa shape index (κ1) is 16.0. The van der Waals surface area contributed by atoms with Gasteiger partial charge < -0.3 is 4.74 Å². The van der Waals surface area contributed by atoms with E-state index in [2.05, 4.69) is 15.1 Å². The number of fused-ring (bicyclic) bond motifs is 1. The highest BCUT2D eigenvalue weighted by molar-refractivity contribution is 5.79. The fraction of sp³-hybridized carbons (Fsp3) is 0.158. The van der Waals surface area contributed by atoms with E-state index in [-0.39, 0.29) is 11.6 Å². The van der Waals surface area contributed by atoms with Gasteiger partial charge in [-0.05, 0) is 43.2 Å². The van der Waals surface area contributed by atoms with Gasteiger partial charge in [0, 0.05) is 23.7 Å². The molecule has 0 spiro atoms. The SMILES string of the molecule is COc1ccc(-c2c(C)c3cnn(-c4ncccn4)c(=O)n3c2C)cc1. The van der Waals surface area contributed by atoms with Crippen LogP contribution in [0.15, 0.2) is 53.7 Å². The topological polar surface area (TPSA) is 74.3 Å². The first-order valence-corrected chi connectivity index (χ1v) is 8.13. The minimum absolute atomic E-state index is 0.246. The Hall–Kier alpha value is -3.48. The number of hydrogen-bond acceptors (Lipinski definition) is 5. The van der Waals surface area contributed by atoms with E-state index in [1.54, 1.807) is 36.2 Å². The molecule has 3 aromatic heterocycles. The lowest BCUT2D eigenvalue weighted by Gasteiger charge is -2.05. The molecule has 7 nitrogen and oxygen atoms in total. The van der Waals surface area contributed by atoms with Crippen molar-refractivity contribution in [3.05, 3.63) is 70.7 Å². The maximum Gasteiger partial charge on any atom is 0.356 e. The second-order valence-corrected chi connectivity index (χ2v) is 5.92. The summed E-state index contributed by atoms with van der Waals surface area (Å²) in [4.78, 5) is 21.2. The van der Waals surface area contributed by atoms with E-state index in [0.29, 0.717) is 0 Å². The molecule has 0 amide bonds. The number of methoxy groups -OCH3 is 1. The Morgan fingerprint density at radius 2 is 1.73 bits per heavy atom. The van der Waals surface area contributed by atoms with Gasteiger partial charge in [-0.15, -0.1) is 4.68 Å². The average molecular weight is 347 g/mol. The van der Waals surface area contributed by atoms with Crippen LogP contribution in [0, 0.1) is 13.8 Å². The van der Waals surface area contributed by atoms with Gasteiger partial charge in [0.05, 0.1) is 18.8 Å². The zero-order valence-corrected chi connectivity index (χ0v) is 14.7. The standard InChI is InChI=1S/C19H17N5O2/c1-12-16-11-22-24(18-20-9-4-10-21-18)19(25)23(16)13(2)17(12)14-5-7-15(26-3)8-6-14/h4-11H,1-3H3. The zero-order chi connectivity index (χ0) is 18.3. The molecule has 0 radical (unpaired) electrons.